The molecule has 3 heterocycles. The first-order valence-corrected chi connectivity index (χ1v) is 9.79. The lowest BCUT2D eigenvalue weighted by Gasteiger charge is -2.11. The molecule has 1 saturated heterocycles. The maximum Gasteiger partial charge on any atom is 0.325 e. The number of aromatic amines is 1. The molecule has 1 aliphatic heterocycles. The highest BCUT2D eigenvalue weighted by molar-refractivity contribution is 6.04. The Morgan fingerprint density at radius 1 is 1.07 bits per heavy atom. The van der Waals surface area contributed by atoms with Gasteiger partial charge in [-0.2, -0.15) is 0 Å². The van der Waals surface area contributed by atoms with Gasteiger partial charge in [0, 0.05) is 29.1 Å². The minimum atomic E-state index is -0.600. The molecule has 7 nitrogen and oxygen atoms in total. The van der Waals surface area contributed by atoms with Crippen molar-refractivity contribution < 1.29 is 14.0 Å². The Bertz CT molecular complexity index is 1240. The number of carbonyl (C=O) groups excluding carboxylic acids is 2. The van der Waals surface area contributed by atoms with Gasteiger partial charge in [-0.15, -0.1) is 0 Å². The van der Waals surface area contributed by atoms with Crippen LogP contribution in [-0.4, -0.2) is 32.8 Å². The molecule has 30 heavy (non-hydrogen) atoms. The monoisotopic (exact) mass is 400 g/mol. The molecule has 7 heteroatoms. The molecular formula is C23H20N4O3. The number of amides is 3. The molecule has 150 valence electrons. The van der Waals surface area contributed by atoms with Gasteiger partial charge in [-0.1, -0.05) is 36.4 Å². The lowest BCUT2D eigenvalue weighted by Crippen LogP contribution is -2.32. The number of fused-ring (bicyclic) bond motifs is 1. The van der Waals surface area contributed by atoms with Crippen LogP contribution in [0.3, 0.4) is 0 Å². The molecule has 0 spiro atoms. The predicted molar refractivity (Wildman–Crippen MR) is 112 cm³/mol. The summed E-state index contributed by atoms with van der Waals surface area (Å²) in [4.78, 5) is 34.4. The molecule has 2 aromatic heterocycles. The third-order valence-corrected chi connectivity index (χ3v) is 5.43. The average Bonchev–Trinajstić information content (AvgIpc) is 3.42. The fourth-order valence-electron chi connectivity index (χ4n) is 3.81. The molecule has 5 rings (SSSR count). The Labute approximate surface area is 172 Å². The van der Waals surface area contributed by atoms with E-state index in [1.807, 2.05) is 60.8 Å². The number of para-hydroxylation sites is 1. The number of aromatic nitrogens is 2. The molecule has 0 saturated carbocycles. The first-order valence-electron chi connectivity index (χ1n) is 9.79. The van der Waals surface area contributed by atoms with E-state index in [4.69, 9.17) is 4.42 Å². The fraction of sp³-hybridized carbons (Fsp3) is 0.174. The van der Waals surface area contributed by atoms with Crippen LogP contribution in [0.25, 0.3) is 22.4 Å². The number of oxazole rings is 1. The van der Waals surface area contributed by atoms with E-state index in [-0.39, 0.29) is 12.5 Å². The Hall–Kier alpha value is -3.87. The number of hydrogen-bond acceptors (Lipinski definition) is 4. The van der Waals surface area contributed by atoms with Crippen molar-refractivity contribution in [1.82, 2.24) is 20.2 Å². The van der Waals surface area contributed by atoms with Crippen LogP contribution in [-0.2, 0) is 17.8 Å². The highest BCUT2D eigenvalue weighted by atomic mass is 16.4. The zero-order chi connectivity index (χ0) is 20.7. The molecule has 1 atom stereocenters. The summed E-state index contributed by atoms with van der Waals surface area (Å²) >= 11 is 0. The van der Waals surface area contributed by atoms with Gasteiger partial charge in [0.1, 0.15) is 17.5 Å². The second-order valence-electron chi connectivity index (χ2n) is 7.38. The van der Waals surface area contributed by atoms with Crippen LogP contribution in [0.2, 0.25) is 0 Å². The fourth-order valence-corrected chi connectivity index (χ4v) is 3.81. The molecular weight excluding hydrogens is 380 g/mol. The van der Waals surface area contributed by atoms with Gasteiger partial charge in [0.2, 0.25) is 5.89 Å². The number of carbonyl (C=O) groups is 2. The number of hydrogen-bond donors (Lipinski definition) is 2. The highest BCUT2D eigenvalue weighted by Gasteiger charge is 2.39. The molecule has 3 amide bonds. The van der Waals surface area contributed by atoms with E-state index >= 15 is 0 Å². The normalized spacial score (nSPS) is 16.4. The van der Waals surface area contributed by atoms with Crippen molar-refractivity contribution in [2.45, 2.75) is 25.9 Å². The van der Waals surface area contributed by atoms with Gasteiger partial charge in [-0.3, -0.25) is 9.69 Å². The Morgan fingerprint density at radius 3 is 2.67 bits per heavy atom. The summed E-state index contributed by atoms with van der Waals surface area (Å²) in [6.07, 6.45) is 2.32. The van der Waals surface area contributed by atoms with E-state index in [1.165, 1.54) is 4.90 Å². The summed E-state index contributed by atoms with van der Waals surface area (Å²) in [6, 6.07) is 16.4. The Kier molecular flexibility index (Phi) is 4.35. The second-order valence-corrected chi connectivity index (χ2v) is 7.38. The third kappa shape index (κ3) is 3.14. The number of benzene rings is 2. The van der Waals surface area contributed by atoms with E-state index in [0.717, 1.165) is 22.0 Å². The predicted octanol–water partition coefficient (Wildman–Crippen LogP) is 3.79. The molecule has 2 aromatic carbocycles. The number of nitrogens with zero attached hydrogens (tertiary/aromatic N) is 2. The summed E-state index contributed by atoms with van der Waals surface area (Å²) in [7, 11) is 0. The smallest absolute Gasteiger partial charge is 0.325 e. The maximum absolute atomic E-state index is 12.9. The minimum absolute atomic E-state index is 0.0806. The first-order chi connectivity index (χ1) is 14.6. The van der Waals surface area contributed by atoms with Crippen molar-refractivity contribution in [3.8, 4) is 11.5 Å². The zero-order valence-corrected chi connectivity index (χ0v) is 16.4. The van der Waals surface area contributed by atoms with Crippen LogP contribution in [0, 0.1) is 6.92 Å². The van der Waals surface area contributed by atoms with E-state index in [2.05, 4.69) is 15.3 Å². The number of aryl methyl sites for hydroxylation is 1. The van der Waals surface area contributed by atoms with Crippen LogP contribution in [0.5, 0.6) is 0 Å². The van der Waals surface area contributed by atoms with E-state index in [1.54, 1.807) is 6.92 Å². The number of urea groups is 1. The van der Waals surface area contributed by atoms with Crippen molar-refractivity contribution in [3.63, 3.8) is 0 Å². The lowest BCUT2D eigenvalue weighted by molar-refractivity contribution is -0.127. The highest BCUT2D eigenvalue weighted by Crippen LogP contribution is 2.25. The maximum atomic E-state index is 12.9. The van der Waals surface area contributed by atoms with Crippen LogP contribution < -0.4 is 5.32 Å². The summed E-state index contributed by atoms with van der Waals surface area (Å²) in [5.41, 5.74) is 3.43. The third-order valence-electron chi connectivity index (χ3n) is 5.43. The number of H-pyrrole nitrogens is 1. The SMILES string of the molecule is Cc1oc(-c2ccccc2)nc1CN1C(=O)N[C@@H](Cc2c[nH]c3ccccc23)C1=O. The number of nitrogens with one attached hydrogen (secondary N) is 2. The number of rotatable bonds is 5. The quantitative estimate of drug-likeness (QED) is 0.499. The average molecular weight is 400 g/mol. The molecule has 1 aliphatic rings. The van der Waals surface area contributed by atoms with Crippen LogP contribution in [0.15, 0.2) is 65.2 Å². The van der Waals surface area contributed by atoms with Gasteiger partial charge in [0.25, 0.3) is 5.91 Å². The van der Waals surface area contributed by atoms with Crippen LogP contribution in [0.4, 0.5) is 4.79 Å². The molecule has 0 radical (unpaired) electrons. The first kappa shape index (κ1) is 18.2. The largest absolute Gasteiger partial charge is 0.441 e. The Morgan fingerprint density at radius 2 is 1.83 bits per heavy atom. The van der Waals surface area contributed by atoms with Crippen LogP contribution in [0.1, 0.15) is 17.0 Å². The number of imide groups is 1. The van der Waals surface area contributed by atoms with Gasteiger partial charge in [-0.25, -0.2) is 9.78 Å². The standard InChI is InChI=1S/C23H20N4O3/c1-14-20(25-21(30-14)15-7-3-2-4-8-15)13-27-22(28)19(26-23(27)29)11-16-12-24-18-10-6-5-9-17(16)18/h2-10,12,19,24H,11,13H2,1H3,(H,26,29)/t19-/m0/s1. The van der Waals surface area contributed by atoms with Gasteiger partial charge in [0.15, 0.2) is 0 Å². The molecule has 4 aromatic rings. The minimum Gasteiger partial charge on any atom is -0.441 e. The van der Waals surface area contributed by atoms with Crippen molar-refractivity contribution in [2.24, 2.45) is 0 Å². The molecule has 0 aliphatic carbocycles. The zero-order valence-electron chi connectivity index (χ0n) is 16.4. The molecule has 1 fully saturated rings. The van der Waals surface area contributed by atoms with Gasteiger partial charge in [0.05, 0.1) is 6.54 Å². The molecule has 0 unspecified atom stereocenters. The van der Waals surface area contributed by atoms with Crippen molar-refractivity contribution in [2.75, 3.05) is 0 Å². The molecule has 0 bridgehead atoms. The van der Waals surface area contributed by atoms with Gasteiger partial charge < -0.3 is 14.7 Å². The lowest BCUT2D eigenvalue weighted by atomic mass is 10.1. The second kappa shape index (κ2) is 7.18. The molecule has 2 N–H and O–H groups in total. The summed E-state index contributed by atoms with van der Waals surface area (Å²) in [5.74, 6) is 0.814. The van der Waals surface area contributed by atoms with E-state index in [9.17, 15) is 9.59 Å². The summed E-state index contributed by atoms with van der Waals surface area (Å²) in [6.45, 7) is 1.87. The topological polar surface area (TPSA) is 91.2 Å². The van der Waals surface area contributed by atoms with E-state index in [0.29, 0.717) is 23.8 Å². The van der Waals surface area contributed by atoms with Gasteiger partial charge >= 0.3 is 6.03 Å². The van der Waals surface area contributed by atoms with Gasteiger partial charge in [-0.05, 0) is 30.7 Å². The summed E-state index contributed by atoms with van der Waals surface area (Å²) in [5, 5.41) is 3.85. The Balaban J connectivity index is 1.34. The van der Waals surface area contributed by atoms with Crippen molar-refractivity contribution in [1.29, 1.82) is 0 Å². The summed E-state index contributed by atoms with van der Waals surface area (Å²) < 4.78 is 5.76. The van der Waals surface area contributed by atoms with Crippen molar-refractivity contribution >= 4 is 22.8 Å². The van der Waals surface area contributed by atoms with Crippen LogP contribution >= 0.6 is 0 Å². The van der Waals surface area contributed by atoms with E-state index < -0.39 is 12.1 Å². The van der Waals surface area contributed by atoms with Crippen molar-refractivity contribution in [3.05, 3.63) is 77.8 Å².